The van der Waals surface area contributed by atoms with Crippen molar-refractivity contribution < 1.29 is 14.0 Å². The van der Waals surface area contributed by atoms with Crippen LogP contribution in [0.1, 0.15) is 21.5 Å². The van der Waals surface area contributed by atoms with Gasteiger partial charge >= 0.3 is 0 Å². The fourth-order valence-corrected chi connectivity index (χ4v) is 3.23. The van der Waals surface area contributed by atoms with Crippen molar-refractivity contribution in [1.29, 1.82) is 0 Å². The number of hydrogen-bond acceptors (Lipinski definition) is 5. The van der Waals surface area contributed by atoms with Gasteiger partial charge in [-0.1, -0.05) is 41.9 Å². The molecule has 0 aliphatic rings. The zero-order chi connectivity index (χ0) is 22.4. The summed E-state index contributed by atoms with van der Waals surface area (Å²) in [5.74, 6) is -1.33. The molecule has 0 saturated carbocycles. The topological polar surface area (TPSA) is 74.8 Å². The molecule has 0 bridgehead atoms. The van der Waals surface area contributed by atoms with E-state index < -0.39 is 11.7 Å². The lowest BCUT2D eigenvalue weighted by Crippen LogP contribution is -2.25. The number of aryl methyl sites for hydroxylation is 1. The summed E-state index contributed by atoms with van der Waals surface area (Å²) >= 11 is 6.01. The first-order valence-electron chi connectivity index (χ1n) is 9.44. The van der Waals surface area contributed by atoms with Gasteiger partial charge in [-0.3, -0.25) is 14.6 Å². The minimum atomic E-state index is -0.718. The number of halogens is 2. The van der Waals surface area contributed by atoms with Crippen molar-refractivity contribution in [2.45, 2.75) is 13.5 Å². The van der Waals surface area contributed by atoms with Crippen LogP contribution in [0.2, 0.25) is 5.02 Å². The van der Waals surface area contributed by atoms with Gasteiger partial charge in [0, 0.05) is 17.8 Å². The number of rotatable bonds is 8. The smallest absolute Gasteiger partial charge is 0.277 e. The normalized spacial score (nSPS) is 10.5. The van der Waals surface area contributed by atoms with Gasteiger partial charge in [-0.05, 0) is 49.0 Å². The number of hydrogen-bond donors (Lipinski definition) is 3. The molecule has 0 radical (unpaired) electrons. The van der Waals surface area contributed by atoms with Crippen LogP contribution in [0.5, 0.6) is 0 Å². The molecule has 0 heterocycles. The molecule has 3 N–H and O–H groups in total. The zero-order valence-electron chi connectivity index (χ0n) is 17.1. The number of hydroxylamine groups is 1. The van der Waals surface area contributed by atoms with E-state index in [2.05, 4.69) is 27.8 Å². The summed E-state index contributed by atoms with van der Waals surface area (Å²) in [6.07, 6.45) is 0. The minimum Gasteiger partial charge on any atom is -0.386 e. The van der Waals surface area contributed by atoms with E-state index in [-0.39, 0.29) is 23.5 Å². The average molecular weight is 441 g/mol. The first kappa shape index (κ1) is 22.3. The highest BCUT2D eigenvalue weighted by Gasteiger charge is 2.22. The lowest BCUT2D eigenvalue weighted by molar-refractivity contribution is 0.0234. The van der Waals surface area contributed by atoms with E-state index in [9.17, 15) is 4.79 Å². The largest absolute Gasteiger partial charge is 0.386 e. The second-order valence-corrected chi connectivity index (χ2v) is 7.14. The van der Waals surface area contributed by atoms with Gasteiger partial charge in [-0.15, -0.1) is 0 Å². The fourth-order valence-electron chi connectivity index (χ4n) is 3.00. The van der Waals surface area contributed by atoms with Gasteiger partial charge in [-0.25, -0.2) is 9.87 Å². The van der Waals surface area contributed by atoms with E-state index in [0.29, 0.717) is 16.4 Å². The molecule has 160 valence electrons. The monoisotopic (exact) mass is 440 g/mol. The Bertz CT molecular complexity index is 1110. The van der Waals surface area contributed by atoms with Crippen LogP contribution in [0.25, 0.3) is 0 Å². The number of aliphatic imine (C=N–C) groups is 1. The van der Waals surface area contributed by atoms with Crippen molar-refractivity contribution in [1.82, 2.24) is 5.48 Å². The molecule has 6 nitrogen and oxygen atoms in total. The van der Waals surface area contributed by atoms with Gasteiger partial charge in [0.2, 0.25) is 0 Å². The van der Waals surface area contributed by atoms with E-state index >= 15 is 4.39 Å². The first-order chi connectivity index (χ1) is 14.9. The number of nitrogens with one attached hydrogen (secondary N) is 3. The number of benzene rings is 3. The van der Waals surface area contributed by atoms with Crippen LogP contribution in [-0.2, 0) is 11.4 Å². The average Bonchev–Trinajstić information content (AvgIpc) is 2.77. The molecule has 31 heavy (non-hydrogen) atoms. The van der Waals surface area contributed by atoms with Gasteiger partial charge in [0.25, 0.3) is 5.91 Å². The van der Waals surface area contributed by atoms with Crippen LogP contribution < -0.4 is 16.1 Å². The van der Waals surface area contributed by atoms with Gasteiger partial charge in [0.05, 0.1) is 23.5 Å². The van der Waals surface area contributed by atoms with Crippen molar-refractivity contribution >= 4 is 47.0 Å². The molecule has 0 spiro atoms. The van der Waals surface area contributed by atoms with E-state index in [1.165, 1.54) is 6.07 Å². The fraction of sp³-hybridized carbons (Fsp3) is 0.130. The van der Waals surface area contributed by atoms with E-state index in [1.54, 1.807) is 25.2 Å². The molecule has 0 fully saturated rings. The summed E-state index contributed by atoms with van der Waals surface area (Å²) in [6, 6.07) is 16.0. The molecule has 8 heteroatoms. The highest BCUT2D eigenvalue weighted by atomic mass is 35.5. The molecule has 0 atom stereocenters. The quantitative estimate of drug-likeness (QED) is 0.307. The van der Waals surface area contributed by atoms with Crippen molar-refractivity contribution in [2.75, 3.05) is 17.7 Å². The van der Waals surface area contributed by atoms with Gasteiger partial charge in [0.1, 0.15) is 5.69 Å². The second-order valence-electron chi connectivity index (χ2n) is 6.71. The summed E-state index contributed by atoms with van der Waals surface area (Å²) in [5, 5.41) is 6.37. The molecular weight excluding hydrogens is 419 g/mol. The maximum absolute atomic E-state index is 15.3. The Kier molecular flexibility index (Phi) is 7.23. The Morgan fingerprint density at radius 1 is 1.16 bits per heavy atom. The standard InChI is InChI=1S/C23H22ClFN4O2/c1-14-11-16(24)9-10-18(14)28-21-17(12-19(26-2)22(27-3)20(21)25)23(30)29-31-13-15-7-5-4-6-8-15/h4-12,26,28H,3,13H2,1-2H3,(H,29,30). The Morgan fingerprint density at radius 2 is 1.90 bits per heavy atom. The molecule has 1 amide bonds. The lowest BCUT2D eigenvalue weighted by Gasteiger charge is -2.18. The summed E-state index contributed by atoms with van der Waals surface area (Å²) < 4.78 is 15.3. The molecule has 0 unspecified atom stereocenters. The van der Waals surface area contributed by atoms with Crippen LogP contribution in [0, 0.1) is 12.7 Å². The van der Waals surface area contributed by atoms with E-state index in [4.69, 9.17) is 16.4 Å². The van der Waals surface area contributed by atoms with Crippen molar-refractivity contribution in [3.8, 4) is 0 Å². The molecular formula is C23H22ClFN4O2. The number of nitrogens with zero attached hydrogens (tertiary/aromatic N) is 1. The molecule has 3 aromatic carbocycles. The predicted octanol–water partition coefficient (Wildman–Crippen LogP) is 5.77. The summed E-state index contributed by atoms with van der Waals surface area (Å²) in [6.45, 7) is 5.42. The third kappa shape index (κ3) is 5.20. The van der Waals surface area contributed by atoms with Gasteiger partial charge < -0.3 is 10.6 Å². The maximum Gasteiger partial charge on any atom is 0.277 e. The lowest BCUT2D eigenvalue weighted by atomic mass is 10.1. The zero-order valence-corrected chi connectivity index (χ0v) is 17.9. The SMILES string of the molecule is C=Nc1c(NC)cc(C(=O)NOCc2ccccc2)c(Nc2ccc(Cl)cc2C)c1F. The number of carbonyl (C=O) groups excluding carboxylic acids is 1. The van der Waals surface area contributed by atoms with Gasteiger partial charge in [-0.2, -0.15) is 0 Å². The van der Waals surface area contributed by atoms with Gasteiger partial charge in [0.15, 0.2) is 5.82 Å². The van der Waals surface area contributed by atoms with Crippen molar-refractivity contribution in [3.63, 3.8) is 0 Å². The number of amides is 1. The van der Waals surface area contributed by atoms with Crippen LogP contribution >= 0.6 is 11.6 Å². The summed E-state index contributed by atoms with van der Waals surface area (Å²) in [4.78, 5) is 22.0. The third-order valence-corrected chi connectivity index (χ3v) is 4.84. The Balaban J connectivity index is 1.93. The minimum absolute atomic E-state index is 0.00151. The Morgan fingerprint density at radius 3 is 2.55 bits per heavy atom. The molecule has 0 aliphatic carbocycles. The number of carbonyl (C=O) groups is 1. The van der Waals surface area contributed by atoms with E-state index in [1.807, 2.05) is 37.3 Å². The molecule has 0 aliphatic heterocycles. The summed E-state index contributed by atoms with van der Waals surface area (Å²) in [7, 11) is 1.60. The molecule has 3 rings (SSSR count). The maximum atomic E-state index is 15.3. The van der Waals surface area contributed by atoms with Crippen LogP contribution in [0.15, 0.2) is 59.6 Å². The van der Waals surface area contributed by atoms with Crippen LogP contribution in [-0.4, -0.2) is 19.7 Å². The number of anilines is 3. The third-order valence-electron chi connectivity index (χ3n) is 4.61. The second kappa shape index (κ2) is 10.1. The Hall–Kier alpha value is -3.42. The molecule has 3 aromatic rings. The highest BCUT2D eigenvalue weighted by molar-refractivity contribution is 6.30. The van der Waals surface area contributed by atoms with Crippen LogP contribution in [0.4, 0.5) is 27.1 Å². The van der Waals surface area contributed by atoms with E-state index in [0.717, 1.165) is 11.1 Å². The molecule has 0 saturated heterocycles. The highest BCUT2D eigenvalue weighted by Crippen LogP contribution is 2.38. The summed E-state index contributed by atoms with van der Waals surface area (Å²) in [5.41, 5.74) is 4.93. The van der Waals surface area contributed by atoms with Crippen molar-refractivity contribution in [3.05, 3.63) is 82.1 Å². The predicted molar refractivity (Wildman–Crippen MR) is 123 cm³/mol. The van der Waals surface area contributed by atoms with Crippen molar-refractivity contribution in [2.24, 2.45) is 4.99 Å². The first-order valence-corrected chi connectivity index (χ1v) is 9.82. The molecule has 0 aromatic heterocycles. The Labute approximate surface area is 185 Å². The van der Waals surface area contributed by atoms with Crippen LogP contribution in [0.3, 0.4) is 0 Å².